The second-order valence-electron chi connectivity index (χ2n) is 5.91. The van der Waals surface area contributed by atoms with Gasteiger partial charge in [-0.15, -0.1) is 11.3 Å². The summed E-state index contributed by atoms with van der Waals surface area (Å²) in [7, 11) is 4.37. The van der Waals surface area contributed by atoms with Gasteiger partial charge in [0.15, 0.2) is 0 Å². The van der Waals surface area contributed by atoms with Crippen LogP contribution in [0, 0.1) is 0 Å². The van der Waals surface area contributed by atoms with Crippen LogP contribution in [0.1, 0.15) is 37.1 Å². The van der Waals surface area contributed by atoms with Crippen molar-refractivity contribution in [2.75, 3.05) is 27.2 Å². The fourth-order valence-electron chi connectivity index (χ4n) is 3.03. The molecule has 0 aliphatic carbocycles. The van der Waals surface area contributed by atoms with Crippen LogP contribution in [-0.4, -0.2) is 49.1 Å². The van der Waals surface area contributed by atoms with Gasteiger partial charge in [0.1, 0.15) is 0 Å². The summed E-state index contributed by atoms with van der Waals surface area (Å²) in [5, 5.41) is 0. The molecule has 1 aliphatic heterocycles. The summed E-state index contributed by atoms with van der Waals surface area (Å²) in [6.45, 7) is 4.48. The number of nitrogens with zero attached hydrogens (tertiary/aromatic N) is 2. The number of likely N-dealkylation sites (tertiary alicyclic amines) is 1. The van der Waals surface area contributed by atoms with E-state index in [1.54, 1.807) is 0 Å². The normalized spacial score (nSPS) is 24.0. The summed E-state index contributed by atoms with van der Waals surface area (Å²) >= 11 is 5.41. The quantitative estimate of drug-likeness (QED) is 0.874. The predicted octanol–water partition coefficient (Wildman–Crippen LogP) is 3.32. The number of hydrogen-bond acceptors (Lipinski definition) is 4. The van der Waals surface area contributed by atoms with E-state index in [1.807, 2.05) is 11.3 Å². The van der Waals surface area contributed by atoms with Crippen LogP contribution >= 0.6 is 27.3 Å². The lowest BCUT2D eigenvalue weighted by atomic mass is 9.97. The van der Waals surface area contributed by atoms with Gasteiger partial charge in [-0.2, -0.15) is 0 Å². The third-order valence-electron chi connectivity index (χ3n) is 4.31. The topological polar surface area (TPSA) is 32.5 Å². The Bertz CT molecular complexity index is 421. The summed E-state index contributed by atoms with van der Waals surface area (Å²) in [6.07, 6.45) is 3.58. The van der Waals surface area contributed by atoms with E-state index in [1.165, 1.54) is 21.5 Å². The van der Waals surface area contributed by atoms with Crippen molar-refractivity contribution < 1.29 is 0 Å². The van der Waals surface area contributed by atoms with Crippen molar-refractivity contribution in [1.29, 1.82) is 0 Å². The first-order valence-corrected chi connectivity index (χ1v) is 9.05. The molecule has 2 rings (SSSR count). The Morgan fingerprint density at radius 2 is 2.25 bits per heavy atom. The van der Waals surface area contributed by atoms with Crippen LogP contribution in [0.2, 0.25) is 0 Å². The fraction of sp³-hybridized carbons (Fsp3) is 0.733. The maximum absolute atomic E-state index is 6.45. The minimum absolute atomic E-state index is 0.210. The Morgan fingerprint density at radius 3 is 2.80 bits per heavy atom. The standard InChI is InChI=1S/C15H26BrN3S/c1-4-12(17)15(13-7-8-14(16)20-13)19-9-5-6-11(10-19)18(2)3/h7-8,11-12,15H,4-6,9-10,17H2,1-3H3. The highest BCUT2D eigenvalue weighted by atomic mass is 79.9. The summed E-state index contributed by atoms with van der Waals surface area (Å²) in [6, 6.07) is 5.59. The van der Waals surface area contributed by atoms with Crippen LogP contribution < -0.4 is 5.73 Å². The lowest BCUT2D eigenvalue weighted by molar-refractivity contribution is 0.0847. The first-order valence-electron chi connectivity index (χ1n) is 7.44. The molecule has 1 aromatic heterocycles. The molecule has 1 saturated heterocycles. The van der Waals surface area contributed by atoms with Gasteiger partial charge in [-0.1, -0.05) is 6.92 Å². The lowest BCUT2D eigenvalue weighted by Gasteiger charge is -2.42. The van der Waals surface area contributed by atoms with Gasteiger partial charge < -0.3 is 10.6 Å². The maximum Gasteiger partial charge on any atom is 0.0702 e. The molecule has 3 atom stereocenters. The van der Waals surface area contributed by atoms with Crippen LogP contribution in [0.5, 0.6) is 0 Å². The van der Waals surface area contributed by atoms with E-state index in [-0.39, 0.29) is 6.04 Å². The van der Waals surface area contributed by atoms with Crippen LogP contribution in [0.15, 0.2) is 15.9 Å². The van der Waals surface area contributed by atoms with Crippen LogP contribution in [0.25, 0.3) is 0 Å². The number of piperidine rings is 1. The van der Waals surface area contributed by atoms with Gasteiger partial charge >= 0.3 is 0 Å². The summed E-state index contributed by atoms with van der Waals surface area (Å²) < 4.78 is 1.20. The SMILES string of the molecule is CCC(N)C(c1ccc(Br)s1)N1CCCC(N(C)C)C1. The van der Waals surface area contributed by atoms with Gasteiger partial charge in [0.05, 0.1) is 9.83 Å². The molecule has 5 heteroatoms. The van der Waals surface area contributed by atoms with Gasteiger partial charge in [-0.25, -0.2) is 0 Å². The number of thiophene rings is 1. The molecule has 1 aromatic rings. The van der Waals surface area contributed by atoms with Crippen molar-refractivity contribution in [1.82, 2.24) is 9.80 Å². The second-order valence-corrected chi connectivity index (χ2v) is 8.41. The Balaban J connectivity index is 2.18. The average Bonchev–Trinajstić information content (AvgIpc) is 2.85. The zero-order valence-corrected chi connectivity index (χ0v) is 15.1. The highest BCUT2D eigenvalue weighted by Gasteiger charge is 2.31. The van der Waals surface area contributed by atoms with Crippen LogP contribution in [-0.2, 0) is 0 Å². The molecule has 1 fully saturated rings. The number of hydrogen-bond donors (Lipinski definition) is 1. The van der Waals surface area contributed by atoms with Crippen molar-refractivity contribution in [3.63, 3.8) is 0 Å². The molecule has 0 saturated carbocycles. The number of likely N-dealkylation sites (N-methyl/N-ethyl adjacent to an activating group) is 1. The Hall–Kier alpha value is 0.0600. The highest BCUT2D eigenvalue weighted by Crippen LogP contribution is 2.35. The number of nitrogens with two attached hydrogens (primary N) is 1. The monoisotopic (exact) mass is 359 g/mol. The third-order valence-corrected chi connectivity index (χ3v) is 6.01. The zero-order chi connectivity index (χ0) is 14.7. The van der Waals surface area contributed by atoms with E-state index >= 15 is 0 Å². The van der Waals surface area contributed by atoms with E-state index < -0.39 is 0 Å². The summed E-state index contributed by atoms with van der Waals surface area (Å²) in [5.41, 5.74) is 6.45. The Labute approximate surface area is 135 Å². The zero-order valence-electron chi connectivity index (χ0n) is 12.7. The average molecular weight is 360 g/mol. The molecular weight excluding hydrogens is 334 g/mol. The molecule has 114 valence electrons. The van der Waals surface area contributed by atoms with E-state index in [0.29, 0.717) is 12.1 Å². The molecule has 2 heterocycles. The van der Waals surface area contributed by atoms with E-state index in [4.69, 9.17) is 5.73 Å². The van der Waals surface area contributed by atoms with Gasteiger partial charge in [-0.3, -0.25) is 4.90 Å². The second kappa shape index (κ2) is 7.36. The minimum Gasteiger partial charge on any atom is -0.326 e. The van der Waals surface area contributed by atoms with Crippen LogP contribution in [0.3, 0.4) is 0 Å². The van der Waals surface area contributed by atoms with Gasteiger partial charge in [0.25, 0.3) is 0 Å². The molecule has 3 unspecified atom stereocenters. The van der Waals surface area contributed by atoms with E-state index in [0.717, 1.165) is 19.5 Å². The van der Waals surface area contributed by atoms with Crippen molar-refractivity contribution in [3.05, 3.63) is 20.8 Å². The summed E-state index contributed by atoms with van der Waals surface area (Å²) in [5.74, 6) is 0. The Morgan fingerprint density at radius 1 is 1.50 bits per heavy atom. The molecule has 0 radical (unpaired) electrons. The maximum atomic E-state index is 6.45. The van der Waals surface area contributed by atoms with Crippen LogP contribution in [0.4, 0.5) is 0 Å². The molecule has 3 nitrogen and oxygen atoms in total. The largest absolute Gasteiger partial charge is 0.326 e. The first kappa shape index (κ1) is 16.4. The van der Waals surface area contributed by atoms with Crippen molar-refractivity contribution in [2.45, 2.75) is 44.3 Å². The van der Waals surface area contributed by atoms with Crippen molar-refractivity contribution in [3.8, 4) is 0 Å². The molecule has 2 N–H and O–H groups in total. The molecule has 0 spiro atoms. The molecule has 1 aliphatic rings. The minimum atomic E-state index is 0.210. The van der Waals surface area contributed by atoms with E-state index in [9.17, 15) is 0 Å². The predicted molar refractivity (Wildman–Crippen MR) is 91.3 cm³/mol. The number of halogens is 1. The van der Waals surface area contributed by atoms with Crippen molar-refractivity contribution in [2.24, 2.45) is 5.73 Å². The summed E-state index contributed by atoms with van der Waals surface area (Å²) in [4.78, 5) is 6.34. The third kappa shape index (κ3) is 3.83. The molecular formula is C15H26BrN3S. The molecule has 20 heavy (non-hydrogen) atoms. The smallest absolute Gasteiger partial charge is 0.0702 e. The van der Waals surface area contributed by atoms with Crippen molar-refractivity contribution >= 4 is 27.3 Å². The fourth-order valence-corrected chi connectivity index (χ4v) is 4.66. The van der Waals surface area contributed by atoms with Gasteiger partial charge in [0, 0.05) is 23.5 Å². The molecule has 0 aromatic carbocycles. The lowest BCUT2D eigenvalue weighted by Crippen LogP contribution is -2.50. The highest BCUT2D eigenvalue weighted by molar-refractivity contribution is 9.11. The number of rotatable bonds is 5. The first-order chi connectivity index (χ1) is 9.52. The molecule has 0 bridgehead atoms. The Kier molecular flexibility index (Phi) is 6.05. The molecule has 0 amide bonds. The van der Waals surface area contributed by atoms with E-state index in [2.05, 4.69) is 58.9 Å². The van der Waals surface area contributed by atoms with Gasteiger partial charge in [0.2, 0.25) is 0 Å². The van der Waals surface area contributed by atoms with Gasteiger partial charge in [-0.05, 0) is 68.0 Å².